The third-order valence-electron chi connectivity index (χ3n) is 5.94. The van der Waals surface area contributed by atoms with Gasteiger partial charge in [-0.05, 0) is 82.7 Å². The van der Waals surface area contributed by atoms with Crippen molar-refractivity contribution in [2.45, 2.75) is 77.5 Å². The quantitative estimate of drug-likeness (QED) is 0.790. The zero-order valence-corrected chi connectivity index (χ0v) is 17.9. The van der Waals surface area contributed by atoms with Gasteiger partial charge in [-0.25, -0.2) is 0 Å². The van der Waals surface area contributed by atoms with Crippen LogP contribution in [0.15, 0.2) is 36.4 Å². The Bertz CT molecular complexity index is 918. The highest BCUT2D eigenvalue weighted by Gasteiger charge is 2.35. The first-order valence-electron chi connectivity index (χ1n) is 10.7. The number of benzene rings is 2. The van der Waals surface area contributed by atoms with E-state index in [9.17, 15) is 4.79 Å². The Morgan fingerprint density at radius 1 is 1.14 bits per heavy atom. The van der Waals surface area contributed by atoms with Crippen LogP contribution < -0.4 is 14.8 Å². The number of hydrogen-bond acceptors (Lipinski definition) is 3. The largest absolute Gasteiger partial charge is 0.487 e. The summed E-state index contributed by atoms with van der Waals surface area (Å²) in [6.45, 7) is 7.99. The van der Waals surface area contributed by atoms with E-state index in [1.54, 1.807) is 0 Å². The minimum atomic E-state index is -0.559. The molecule has 2 atom stereocenters. The molecule has 154 valence electrons. The summed E-state index contributed by atoms with van der Waals surface area (Å²) in [4.78, 5) is 12.9. The van der Waals surface area contributed by atoms with Crippen molar-refractivity contribution in [3.8, 4) is 11.5 Å². The number of carbonyl (C=O) groups excluding carboxylic acids is 1. The fourth-order valence-electron chi connectivity index (χ4n) is 4.43. The number of nitrogens with one attached hydrogen (secondary N) is 1. The summed E-state index contributed by atoms with van der Waals surface area (Å²) in [5.74, 6) is 1.52. The third kappa shape index (κ3) is 4.42. The first-order chi connectivity index (χ1) is 13.8. The molecule has 1 heterocycles. The summed E-state index contributed by atoms with van der Waals surface area (Å²) in [6.07, 6.45) is 4.89. The molecule has 2 aliphatic rings. The molecule has 1 aliphatic heterocycles. The van der Waals surface area contributed by atoms with Gasteiger partial charge in [0.2, 0.25) is 0 Å². The van der Waals surface area contributed by atoms with Crippen LogP contribution in [0.5, 0.6) is 11.5 Å². The number of fused-ring (bicyclic) bond motifs is 2. The predicted octanol–water partition coefficient (Wildman–Crippen LogP) is 5.06. The van der Waals surface area contributed by atoms with Crippen LogP contribution in [0.2, 0.25) is 0 Å². The van der Waals surface area contributed by atoms with E-state index in [2.05, 4.69) is 44.3 Å². The summed E-state index contributed by atoms with van der Waals surface area (Å²) >= 11 is 0. The number of aryl methyl sites for hydroxylation is 3. The summed E-state index contributed by atoms with van der Waals surface area (Å²) in [7, 11) is 0. The molecular formula is C25H31NO3. The van der Waals surface area contributed by atoms with E-state index in [4.69, 9.17) is 9.47 Å². The fraction of sp³-hybridized carbons (Fsp3) is 0.480. The van der Waals surface area contributed by atoms with Crippen LogP contribution in [0.3, 0.4) is 0 Å². The van der Waals surface area contributed by atoms with E-state index in [0.717, 1.165) is 41.9 Å². The van der Waals surface area contributed by atoms with Crippen molar-refractivity contribution in [2.75, 3.05) is 0 Å². The van der Waals surface area contributed by atoms with E-state index in [0.29, 0.717) is 0 Å². The van der Waals surface area contributed by atoms with Gasteiger partial charge in [0.1, 0.15) is 17.1 Å². The molecule has 2 aromatic carbocycles. The van der Waals surface area contributed by atoms with Gasteiger partial charge in [-0.3, -0.25) is 4.79 Å². The van der Waals surface area contributed by atoms with Crippen LogP contribution in [0.25, 0.3) is 0 Å². The van der Waals surface area contributed by atoms with Crippen molar-refractivity contribution in [3.63, 3.8) is 0 Å². The van der Waals surface area contributed by atoms with Gasteiger partial charge in [0.05, 0.1) is 6.04 Å². The van der Waals surface area contributed by atoms with E-state index < -0.39 is 6.10 Å². The van der Waals surface area contributed by atoms with Crippen molar-refractivity contribution in [1.29, 1.82) is 0 Å². The molecule has 0 fully saturated rings. The number of ether oxygens (including phenoxy) is 2. The van der Waals surface area contributed by atoms with E-state index >= 15 is 0 Å². The van der Waals surface area contributed by atoms with E-state index in [1.165, 1.54) is 24.0 Å². The Labute approximate surface area is 173 Å². The van der Waals surface area contributed by atoms with Crippen LogP contribution in [-0.4, -0.2) is 17.6 Å². The molecule has 0 unspecified atom stereocenters. The molecule has 4 nitrogen and oxygen atoms in total. The minimum absolute atomic E-state index is 0.0873. The van der Waals surface area contributed by atoms with E-state index in [-0.39, 0.29) is 17.6 Å². The normalized spacial score (nSPS) is 20.6. The first kappa shape index (κ1) is 19.8. The van der Waals surface area contributed by atoms with Crippen LogP contribution in [-0.2, 0) is 17.6 Å². The third-order valence-corrected chi connectivity index (χ3v) is 5.94. The number of hydrogen-bond donors (Lipinski definition) is 1. The maximum atomic E-state index is 12.9. The molecule has 0 radical (unpaired) electrons. The molecule has 1 aliphatic carbocycles. The lowest BCUT2D eigenvalue weighted by Crippen LogP contribution is -2.44. The monoisotopic (exact) mass is 393 g/mol. The summed E-state index contributed by atoms with van der Waals surface area (Å²) in [5, 5.41) is 3.20. The first-order valence-corrected chi connectivity index (χ1v) is 10.7. The molecule has 4 heteroatoms. The maximum absolute atomic E-state index is 12.9. The Kier molecular flexibility index (Phi) is 5.28. The van der Waals surface area contributed by atoms with E-state index in [1.807, 2.05) is 25.1 Å². The lowest BCUT2D eigenvalue weighted by molar-refractivity contribution is -0.128. The number of carbonyl (C=O) groups is 1. The number of amides is 1. The Hall–Kier alpha value is -2.49. The molecule has 1 amide bonds. The molecule has 0 aromatic heterocycles. The zero-order chi connectivity index (χ0) is 20.6. The van der Waals surface area contributed by atoms with Crippen LogP contribution in [0.4, 0.5) is 0 Å². The van der Waals surface area contributed by atoms with Crippen molar-refractivity contribution >= 4 is 5.91 Å². The van der Waals surface area contributed by atoms with Crippen LogP contribution >= 0.6 is 0 Å². The highest BCUT2D eigenvalue weighted by atomic mass is 16.5. The van der Waals surface area contributed by atoms with Gasteiger partial charge in [0.15, 0.2) is 6.10 Å². The maximum Gasteiger partial charge on any atom is 0.261 e. The van der Waals surface area contributed by atoms with Gasteiger partial charge in [0.25, 0.3) is 5.91 Å². The van der Waals surface area contributed by atoms with Crippen LogP contribution in [0, 0.1) is 6.92 Å². The average molecular weight is 394 g/mol. The lowest BCUT2D eigenvalue weighted by atomic mass is 9.89. The lowest BCUT2D eigenvalue weighted by Gasteiger charge is -2.38. The molecule has 29 heavy (non-hydrogen) atoms. The van der Waals surface area contributed by atoms with Crippen molar-refractivity contribution in [3.05, 3.63) is 58.7 Å². The van der Waals surface area contributed by atoms with Crippen molar-refractivity contribution < 1.29 is 14.3 Å². The molecule has 1 N–H and O–H groups in total. The fourth-order valence-corrected chi connectivity index (χ4v) is 4.43. The molecule has 0 saturated heterocycles. The Balaban J connectivity index is 1.47. The number of rotatable bonds is 4. The van der Waals surface area contributed by atoms with Gasteiger partial charge in [-0.2, -0.15) is 0 Å². The Morgan fingerprint density at radius 3 is 2.69 bits per heavy atom. The van der Waals surface area contributed by atoms with Crippen molar-refractivity contribution in [2.24, 2.45) is 0 Å². The van der Waals surface area contributed by atoms with Crippen molar-refractivity contribution in [1.82, 2.24) is 5.32 Å². The van der Waals surface area contributed by atoms with Crippen LogP contribution in [0.1, 0.15) is 68.3 Å². The van der Waals surface area contributed by atoms with Gasteiger partial charge in [-0.1, -0.05) is 23.8 Å². The highest BCUT2D eigenvalue weighted by Crippen LogP contribution is 2.40. The van der Waals surface area contributed by atoms with Gasteiger partial charge in [-0.15, -0.1) is 0 Å². The topological polar surface area (TPSA) is 47.6 Å². The second-order valence-electron chi connectivity index (χ2n) is 9.07. The van der Waals surface area contributed by atoms with Gasteiger partial charge in [0, 0.05) is 12.0 Å². The molecule has 0 saturated carbocycles. The predicted molar refractivity (Wildman–Crippen MR) is 115 cm³/mol. The molecule has 2 aromatic rings. The molecule has 0 spiro atoms. The SMILES string of the molecule is Cc1ccc2c(c1)[C@@H](NC(=O)[C@@H](C)Oc1ccc3c(c1)CCCC3)CC(C)(C)O2. The summed E-state index contributed by atoms with van der Waals surface area (Å²) in [5.41, 5.74) is 4.64. The second-order valence-corrected chi connectivity index (χ2v) is 9.07. The second kappa shape index (κ2) is 7.74. The summed E-state index contributed by atoms with van der Waals surface area (Å²) < 4.78 is 12.1. The molecular weight excluding hydrogens is 362 g/mol. The smallest absolute Gasteiger partial charge is 0.261 e. The minimum Gasteiger partial charge on any atom is -0.487 e. The molecule has 0 bridgehead atoms. The standard InChI is InChI=1S/C25H31NO3/c1-16-9-12-23-21(13-16)22(15-25(3,4)29-23)26-24(27)17(2)28-20-11-10-18-7-5-6-8-19(18)14-20/h9-14,17,22H,5-8,15H2,1-4H3,(H,26,27)/t17-,22+/m1/s1. The highest BCUT2D eigenvalue weighted by molar-refractivity contribution is 5.81. The van der Waals surface area contributed by atoms with Gasteiger partial charge < -0.3 is 14.8 Å². The molecule has 4 rings (SSSR count). The summed E-state index contributed by atoms with van der Waals surface area (Å²) in [6, 6.07) is 12.3. The zero-order valence-electron chi connectivity index (χ0n) is 17.9. The van der Waals surface area contributed by atoms with Gasteiger partial charge >= 0.3 is 0 Å². The Morgan fingerprint density at radius 2 is 1.90 bits per heavy atom. The average Bonchev–Trinajstić information content (AvgIpc) is 2.68.